The number of aromatic nitrogens is 1. The van der Waals surface area contributed by atoms with Gasteiger partial charge in [-0.05, 0) is 42.9 Å². The minimum absolute atomic E-state index is 0.469. The van der Waals surface area contributed by atoms with E-state index in [9.17, 15) is 5.11 Å². The van der Waals surface area contributed by atoms with E-state index in [0.717, 1.165) is 48.4 Å². The van der Waals surface area contributed by atoms with Crippen LogP contribution in [0.3, 0.4) is 0 Å². The smallest absolute Gasteiger partial charge is 0.0924 e. The van der Waals surface area contributed by atoms with Crippen molar-refractivity contribution in [1.82, 2.24) is 14.8 Å². The molecule has 1 N–H and O–H groups in total. The predicted molar refractivity (Wildman–Crippen MR) is 121 cm³/mol. The van der Waals surface area contributed by atoms with Crippen LogP contribution in [-0.2, 0) is 0 Å². The molecule has 0 spiro atoms. The Bertz CT molecular complexity index is 1020. The zero-order valence-electron chi connectivity index (χ0n) is 16.1. The number of β-amino-alcohol motifs (C(OH)–C–C–N with tert-alkyl or cyclic N) is 1. The van der Waals surface area contributed by atoms with Crippen molar-refractivity contribution in [2.75, 3.05) is 39.8 Å². The first-order chi connectivity index (χ1) is 13.9. The molecule has 2 aromatic carbocycles. The van der Waals surface area contributed by atoms with Crippen LogP contribution < -0.4 is 0 Å². The molecule has 4 rings (SSSR count). The average molecular weight is 451 g/mol. The Labute approximate surface area is 185 Å². The number of piperazine rings is 1. The van der Waals surface area contributed by atoms with E-state index in [-0.39, 0.29) is 0 Å². The molecule has 0 amide bonds. The molecule has 1 aromatic heterocycles. The average Bonchev–Trinajstić information content (AvgIpc) is 2.69. The minimum Gasteiger partial charge on any atom is -0.387 e. The number of pyridine rings is 1. The highest BCUT2D eigenvalue weighted by molar-refractivity contribution is 6.38. The van der Waals surface area contributed by atoms with Gasteiger partial charge in [-0.2, -0.15) is 0 Å². The maximum Gasteiger partial charge on any atom is 0.0924 e. The summed E-state index contributed by atoms with van der Waals surface area (Å²) < 4.78 is 0. The number of hydrogen-bond acceptors (Lipinski definition) is 4. The highest BCUT2D eigenvalue weighted by Gasteiger charge is 2.21. The Morgan fingerprint density at radius 3 is 2.34 bits per heavy atom. The van der Waals surface area contributed by atoms with Crippen LogP contribution in [-0.4, -0.2) is 59.7 Å². The third kappa shape index (κ3) is 4.69. The first kappa shape index (κ1) is 20.9. The number of benzene rings is 2. The molecule has 7 heteroatoms. The van der Waals surface area contributed by atoms with Gasteiger partial charge >= 0.3 is 0 Å². The van der Waals surface area contributed by atoms with E-state index in [1.54, 1.807) is 6.07 Å². The van der Waals surface area contributed by atoms with Crippen molar-refractivity contribution in [2.45, 2.75) is 6.10 Å². The van der Waals surface area contributed by atoms with Gasteiger partial charge in [-0.1, -0.05) is 46.9 Å². The molecule has 152 valence electrons. The number of nitrogens with zero attached hydrogens (tertiary/aromatic N) is 3. The first-order valence-corrected chi connectivity index (χ1v) is 10.7. The Hall–Kier alpha value is -1.40. The molecule has 0 bridgehead atoms. The summed E-state index contributed by atoms with van der Waals surface area (Å²) in [5.74, 6) is 0. The van der Waals surface area contributed by atoms with E-state index in [2.05, 4.69) is 16.8 Å². The van der Waals surface area contributed by atoms with Gasteiger partial charge in [-0.15, -0.1) is 0 Å². The molecule has 4 nitrogen and oxygen atoms in total. The molecule has 3 aromatic rings. The van der Waals surface area contributed by atoms with E-state index in [0.29, 0.717) is 27.1 Å². The van der Waals surface area contributed by atoms with E-state index < -0.39 is 6.10 Å². The lowest BCUT2D eigenvalue weighted by atomic mass is 9.99. The van der Waals surface area contributed by atoms with Crippen LogP contribution in [0.2, 0.25) is 15.1 Å². The minimum atomic E-state index is -0.676. The van der Waals surface area contributed by atoms with Crippen molar-refractivity contribution in [3.63, 3.8) is 0 Å². The van der Waals surface area contributed by atoms with Gasteiger partial charge in [0.05, 0.1) is 22.3 Å². The van der Waals surface area contributed by atoms with Gasteiger partial charge < -0.3 is 10.0 Å². The number of likely N-dealkylation sites (N-methyl/N-ethyl adjacent to an activating group) is 1. The van der Waals surface area contributed by atoms with Gasteiger partial charge in [0.2, 0.25) is 0 Å². The van der Waals surface area contributed by atoms with Crippen LogP contribution in [0, 0.1) is 0 Å². The zero-order chi connectivity index (χ0) is 20.5. The quantitative estimate of drug-likeness (QED) is 0.597. The summed E-state index contributed by atoms with van der Waals surface area (Å²) in [7, 11) is 2.12. The summed E-state index contributed by atoms with van der Waals surface area (Å²) in [6, 6.07) is 12.9. The zero-order valence-corrected chi connectivity index (χ0v) is 18.3. The standard InChI is InChI=1S/C22H22Cl3N3O/c1-27-6-8-28(9-7-27)13-21(29)17-12-20(14-2-4-15(23)5-3-14)26-22-18(17)10-16(24)11-19(22)25/h2-5,10-12,21,29H,6-9,13H2,1H3. The maximum atomic E-state index is 11.1. The summed E-state index contributed by atoms with van der Waals surface area (Å²) in [5.41, 5.74) is 3.07. The van der Waals surface area contributed by atoms with E-state index in [1.807, 2.05) is 36.4 Å². The molecule has 1 saturated heterocycles. The summed E-state index contributed by atoms with van der Waals surface area (Å²) in [6.07, 6.45) is -0.676. The van der Waals surface area contributed by atoms with Crippen molar-refractivity contribution >= 4 is 45.7 Å². The second-order valence-electron chi connectivity index (χ2n) is 7.51. The van der Waals surface area contributed by atoms with Gasteiger partial charge in [0, 0.05) is 53.7 Å². The SMILES string of the molecule is CN1CCN(CC(O)c2cc(-c3ccc(Cl)cc3)nc3c(Cl)cc(Cl)cc23)CC1. The fourth-order valence-corrected chi connectivity index (χ4v) is 4.36. The number of hydrogen-bond donors (Lipinski definition) is 1. The topological polar surface area (TPSA) is 39.6 Å². The van der Waals surface area contributed by atoms with Gasteiger partial charge in [0.15, 0.2) is 0 Å². The Kier molecular flexibility index (Phi) is 6.30. The molecule has 1 atom stereocenters. The highest BCUT2D eigenvalue weighted by atomic mass is 35.5. The van der Waals surface area contributed by atoms with Crippen LogP contribution in [0.5, 0.6) is 0 Å². The number of rotatable bonds is 4. The number of aliphatic hydroxyl groups excluding tert-OH is 1. The van der Waals surface area contributed by atoms with Crippen LogP contribution in [0.25, 0.3) is 22.2 Å². The second kappa shape index (κ2) is 8.76. The summed E-state index contributed by atoms with van der Waals surface area (Å²) in [5, 5.41) is 13.6. The second-order valence-corrected chi connectivity index (χ2v) is 8.79. The molecule has 1 unspecified atom stereocenters. The van der Waals surface area contributed by atoms with E-state index in [1.165, 1.54) is 0 Å². The van der Waals surface area contributed by atoms with Gasteiger partial charge in [0.1, 0.15) is 0 Å². The molecule has 1 fully saturated rings. The number of fused-ring (bicyclic) bond motifs is 1. The van der Waals surface area contributed by atoms with Crippen LogP contribution in [0.15, 0.2) is 42.5 Å². The van der Waals surface area contributed by atoms with Crippen molar-refractivity contribution in [3.8, 4) is 11.3 Å². The lowest BCUT2D eigenvalue weighted by molar-refractivity contribution is 0.0812. The van der Waals surface area contributed by atoms with Crippen molar-refractivity contribution in [3.05, 3.63) is 63.1 Å². The van der Waals surface area contributed by atoms with Crippen molar-refractivity contribution < 1.29 is 5.11 Å². The van der Waals surface area contributed by atoms with Gasteiger partial charge in [-0.25, -0.2) is 4.98 Å². The largest absolute Gasteiger partial charge is 0.387 e. The van der Waals surface area contributed by atoms with Crippen LogP contribution >= 0.6 is 34.8 Å². The van der Waals surface area contributed by atoms with Crippen molar-refractivity contribution in [2.24, 2.45) is 0 Å². The molecule has 0 radical (unpaired) electrons. The maximum absolute atomic E-state index is 11.1. The van der Waals surface area contributed by atoms with Gasteiger partial charge in [-0.3, -0.25) is 4.90 Å². The molecule has 29 heavy (non-hydrogen) atoms. The predicted octanol–water partition coefficient (Wildman–Crippen LogP) is 5.14. The summed E-state index contributed by atoms with van der Waals surface area (Å²) in [6.45, 7) is 4.41. The number of aliphatic hydroxyl groups is 1. The Morgan fingerprint density at radius 1 is 0.966 bits per heavy atom. The van der Waals surface area contributed by atoms with E-state index in [4.69, 9.17) is 39.8 Å². The highest BCUT2D eigenvalue weighted by Crippen LogP contribution is 2.35. The molecular formula is C22H22Cl3N3O. The monoisotopic (exact) mass is 449 g/mol. The fourth-order valence-electron chi connectivity index (χ4n) is 3.70. The van der Waals surface area contributed by atoms with Crippen LogP contribution in [0.1, 0.15) is 11.7 Å². The summed E-state index contributed by atoms with van der Waals surface area (Å²) >= 11 is 18.8. The Morgan fingerprint density at radius 2 is 1.66 bits per heavy atom. The van der Waals surface area contributed by atoms with E-state index >= 15 is 0 Å². The molecule has 0 aliphatic carbocycles. The Balaban J connectivity index is 1.76. The molecule has 0 saturated carbocycles. The molecule has 1 aliphatic rings. The molecular weight excluding hydrogens is 429 g/mol. The van der Waals surface area contributed by atoms with Gasteiger partial charge in [0.25, 0.3) is 0 Å². The fraction of sp³-hybridized carbons (Fsp3) is 0.318. The normalized spacial score (nSPS) is 17.0. The number of halogens is 3. The lowest BCUT2D eigenvalue weighted by Crippen LogP contribution is -2.45. The first-order valence-electron chi connectivity index (χ1n) is 9.55. The third-order valence-corrected chi connectivity index (χ3v) is 6.15. The lowest BCUT2D eigenvalue weighted by Gasteiger charge is -2.33. The molecule has 2 heterocycles. The van der Waals surface area contributed by atoms with Crippen molar-refractivity contribution in [1.29, 1.82) is 0 Å². The summed E-state index contributed by atoms with van der Waals surface area (Å²) in [4.78, 5) is 9.33. The third-order valence-electron chi connectivity index (χ3n) is 5.39. The van der Waals surface area contributed by atoms with Crippen LogP contribution in [0.4, 0.5) is 0 Å². The molecule has 1 aliphatic heterocycles.